The summed E-state index contributed by atoms with van der Waals surface area (Å²) in [6.45, 7) is 6.82. The van der Waals surface area contributed by atoms with Crippen molar-refractivity contribution >= 4 is 34.3 Å². The summed E-state index contributed by atoms with van der Waals surface area (Å²) in [5, 5.41) is 7.67. The van der Waals surface area contributed by atoms with E-state index in [1.54, 1.807) is 0 Å². The molecule has 4 heterocycles. The molecule has 0 radical (unpaired) electrons. The molecule has 3 aromatic heterocycles. The van der Waals surface area contributed by atoms with Gasteiger partial charge in [0.1, 0.15) is 0 Å². The van der Waals surface area contributed by atoms with E-state index < -0.39 is 0 Å². The predicted molar refractivity (Wildman–Crippen MR) is 138 cm³/mol. The molecule has 0 unspecified atom stereocenters. The molecule has 3 N–H and O–H groups in total. The van der Waals surface area contributed by atoms with Crippen LogP contribution in [-0.4, -0.2) is 31.7 Å². The van der Waals surface area contributed by atoms with Crippen molar-refractivity contribution in [3.8, 4) is 0 Å². The number of nitrogens with two attached hydrogens (primary N) is 1. The quantitative estimate of drug-likeness (QED) is 0.393. The molecule has 0 bridgehead atoms. The Morgan fingerprint density at radius 3 is 2.97 bits per heavy atom. The SMILES string of the molecule is C=Cc1ccccc1[C@@H](N)CC/C(=C\C)c1cnc2c(N3CCCc4ncccc43)n[nH]c2n1. The maximum atomic E-state index is 6.53. The lowest BCUT2D eigenvalue weighted by Gasteiger charge is -2.28. The Morgan fingerprint density at radius 1 is 1.24 bits per heavy atom. The second kappa shape index (κ2) is 9.57. The third-order valence-corrected chi connectivity index (χ3v) is 6.48. The van der Waals surface area contributed by atoms with Crippen LogP contribution in [0.2, 0.25) is 0 Å². The molecule has 172 valence electrons. The smallest absolute Gasteiger partial charge is 0.183 e. The fourth-order valence-corrected chi connectivity index (χ4v) is 4.67. The topological polar surface area (TPSA) is 96.6 Å². The summed E-state index contributed by atoms with van der Waals surface area (Å²) < 4.78 is 0. The Hall–Kier alpha value is -3.84. The van der Waals surface area contributed by atoms with Crippen LogP contribution in [0.1, 0.15) is 54.7 Å². The summed E-state index contributed by atoms with van der Waals surface area (Å²) in [4.78, 5) is 16.3. The van der Waals surface area contributed by atoms with Crippen LogP contribution in [0, 0.1) is 0 Å². The van der Waals surface area contributed by atoms with Gasteiger partial charge in [0, 0.05) is 18.8 Å². The number of allylic oxidation sites excluding steroid dienone is 2. The molecule has 0 amide bonds. The molecule has 7 heteroatoms. The fourth-order valence-electron chi connectivity index (χ4n) is 4.67. The second-order valence-corrected chi connectivity index (χ2v) is 8.52. The van der Waals surface area contributed by atoms with Crippen molar-refractivity contribution < 1.29 is 0 Å². The number of aryl methyl sites for hydroxylation is 1. The van der Waals surface area contributed by atoms with Gasteiger partial charge in [0.15, 0.2) is 17.0 Å². The zero-order valence-corrected chi connectivity index (χ0v) is 19.4. The summed E-state index contributed by atoms with van der Waals surface area (Å²) in [7, 11) is 0. The average molecular weight is 452 g/mol. The number of hydrogen-bond acceptors (Lipinski definition) is 6. The first-order chi connectivity index (χ1) is 16.7. The predicted octanol–water partition coefficient (Wildman–Crippen LogP) is 5.36. The maximum Gasteiger partial charge on any atom is 0.183 e. The molecule has 34 heavy (non-hydrogen) atoms. The summed E-state index contributed by atoms with van der Waals surface area (Å²) in [5.74, 6) is 0.799. The van der Waals surface area contributed by atoms with Gasteiger partial charge in [-0.3, -0.25) is 10.1 Å². The highest BCUT2D eigenvalue weighted by Gasteiger charge is 2.24. The number of pyridine rings is 1. The summed E-state index contributed by atoms with van der Waals surface area (Å²) in [6, 6.07) is 12.1. The van der Waals surface area contributed by atoms with Crippen molar-refractivity contribution in [3.63, 3.8) is 0 Å². The highest BCUT2D eigenvalue weighted by atomic mass is 15.3. The van der Waals surface area contributed by atoms with Crippen molar-refractivity contribution in [3.05, 3.63) is 84.0 Å². The summed E-state index contributed by atoms with van der Waals surface area (Å²) >= 11 is 0. The van der Waals surface area contributed by atoms with Crippen molar-refractivity contribution in [1.29, 1.82) is 0 Å². The van der Waals surface area contributed by atoms with E-state index in [2.05, 4.69) is 44.9 Å². The number of nitrogens with zero attached hydrogens (tertiary/aromatic N) is 5. The zero-order valence-electron chi connectivity index (χ0n) is 19.4. The van der Waals surface area contributed by atoms with Gasteiger partial charge >= 0.3 is 0 Å². The van der Waals surface area contributed by atoms with Crippen LogP contribution in [0.5, 0.6) is 0 Å². The summed E-state index contributed by atoms with van der Waals surface area (Å²) in [5.41, 5.74) is 14.3. The first kappa shape index (κ1) is 22.0. The lowest BCUT2D eigenvalue weighted by molar-refractivity contribution is 0.664. The Kier molecular flexibility index (Phi) is 6.18. The van der Waals surface area contributed by atoms with Crippen molar-refractivity contribution in [2.75, 3.05) is 11.4 Å². The van der Waals surface area contributed by atoms with E-state index in [1.165, 1.54) is 0 Å². The van der Waals surface area contributed by atoms with Crippen LogP contribution in [-0.2, 0) is 6.42 Å². The van der Waals surface area contributed by atoms with E-state index in [9.17, 15) is 0 Å². The first-order valence-electron chi connectivity index (χ1n) is 11.7. The molecule has 0 saturated carbocycles. The third kappa shape index (κ3) is 4.10. The monoisotopic (exact) mass is 451 g/mol. The molecule has 1 aliphatic rings. The molecule has 1 aliphatic heterocycles. The molecule has 0 fully saturated rings. The Balaban J connectivity index is 1.37. The van der Waals surface area contributed by atoms with E-state index in [0.29, 0.717) is 5.65 Å². The minimum atomic E-state index is -0.0765. The van der Waals surface area contributed by atoms with Gasteiger partial charge in [0.05, 0.1) is 23.3 Å². The van der Waals surface area contributed by atoms with E-state index in [-0.39, 0.29) is 6.04 Å². The Labute approximate surface area is 199 Å². The molecular weight excluding hydrogens is 422 g/mol. The highest BCUT2D eigenvalue weighted by Crippen LogP contribution is 2.34. The molecule has 1 atom stereocenters. The minimum absolute atomic E-state index is 0.0765. The number of nitrogens with one attached hydrogen (secondary N) is 1. The largest absolute Gasteiger partial charge is 0.324 e. The van der Waals surface area contributed by atoms with Crippen molar-refractivity contribution in [2.24, 2.45) is 5.73 Å². The molecule has 5 rings (SSSR count). The Bertz CT molecular complexity index is 1350. The fraction of sp³-hybridized carbons (Fsp3) is 0.259. The highest BCUT2D eigenvalue weighted by molar-refractivity contribution is 5.87. The second-order valence-electron chi connectivity index (χ2n) is 8.52. The van der Waals surface area contributed by atoms with E-state index in [4.69, 9.17) is 15.7 Å². The van der Waals surface area contributed by atoms with Gasteiger partial charge in [-0.05, 0) is 61.4 Å². The minimum Gasteiger partial charge on any atom is -0.324 e. The lowest BCUT2D eigenvalue weighted by Crippen LogP contribution is -2.25. The number of aromatic amines is 1. The van der Waals surface area contributed by atoms with Crippen molar-refractivity contribution in [1.82, 2.24) is 25.1 Å². The Morgan fingerprint density at radius 2 is 2.12 bits per heavy atom. The van der Waals surface area contributed by atoms with Gasteiger partial charge in [0.2, 0.25) is 0 Å². The van der Waals surface area contributed by atoms with Gasteiger partial charge in [0.25, 0.3) is 0 Å². The van der Waals surface area contributed by atoms with Crippen LogP contribution in [0.3, 0.4) is 0 Å². The van der Waals surface area contributed by atoms with E-state index in [0.717, 1.165) is 77.3 Å². The maximum absolute atomic E-state index is 6.53. The van der Waals surface area contributed by atoms with E-state index in [1.807, 2.05) is 49.7 Å². The molecular formula is C27H29N7. The van der Waals surface area contributed by atoms with Crippen LogP contribution >= 0.6 is 0 Å². The molecule has 0 saturated heterocycles. The number of fused-ring (bicyclic) bond motifs is 2. The standard InChI is InChI=1S/C27H29N7/c1-3-18-9-5-6-10-20(18)21(28)14-13-19(4-2)23-17-30-25-26(31-23)32-33-27(25)34-16-8-11-22-24(34)12-7-15-29-22/h3-7,9-10,12,15,17,21H,1,8,11,13-14,16,28H2,2H3,(H,31,32,33)/b19-4+/t21-/m0/s1. The number of aromatic nitrogens is 5. The number of H-pyrrole nitrogens is 1. The summed E-state index contributed by atoms with van der Waals surface area (Å²) in [6.07, 6.45) is 11.2. The number of rotatable bonds is 7. The lowest BCUT2D eigenvalue weighted by atomic mass is 9.95. The van der Waals surface area contributed by atoms with Crippen LogP contribution in [0.25, 0.3) is 22.8 Å². The van der Waals surface area contributed by atoms with Crippen LogP contribution in [0.4, 0.5) is 11.5 Å². The molecule has 7 nitrogen and oxygen atoms in total. The number of hydrogen-bond donors (Lipinski definition) is 2. The number of benzene rings is 1. The van der Waals surface area contributed by atoms with Gasteiger partial charge in [-0.2, -0.15) is 5.10 Å². The first-order valence-corrected chi connectivity index (χ1v) is 11.7. The van der Waals surface area contributed by atoms with Gasteiger partial charge in [-0.25, -0.2) is 9.97 Å². The van der Waals surface area contributed by atoms with Gasteiger partial charge in [-0.15, -0.1) is 0 Å². The number of anilines is 2. The molecule has 4 aromatic rings. The van der Waals surface area contributed by atoms with Crippen LogP contribution in [0.15, 0.2) is 61.4 Å². The van der Waals surface area contributed by atoms with Gasteiger partial charge in [-0.1, -0.05) is 43.0 Å². The van der Waals surface area contributed by atoms with Gasteiger partial charge < -0.3 is 10.6 Å². The molecule has 0 aliphatic carbocycles. The van der Waals surface area contributed by atoms with E-state index >= 15 is 0 Å². The zero-order chi connectivity index (χ0) is 23.5. The molecule has 0 spiro atoms. The van der Waals surface area contributed by atoms with Crippen LogP contribution < -0.4 is 10.6 Å². The molecule has 1 aromatic carbocycles. The van der Waals surface area contributed by atoms with Crippen molar-refractivity contribution in [2.45, 2.75) is 38.6 Å². The normalized spacial score (nSPS) is 14.8. The third-order valence-electron chi connectivity index (χ3n) is 6.48. The average Bonchev–Trinajstić information content (AvgIpc) is 3.31.